The summed E-state index contributed by atoms with van der Waals surface area (Å²) in [5.74, 6) is 0. The van der Waals surface area contributed by atoms with E-state index < -0.39 is 8.03 Å². The van der Waals surface area contributed by atoms with Crippen molar-refractivity contribution in [1.29, 1.82) is 0 Å². The van der Waals surface area contributed by atoms with Crippen molar-refractivity contribution >= 4 is 8.03 Å². The highest BCUT2D eigenvalue weighted by atomic mass is 31.1. The van der Waals surface area contributed by atoms with E-state index in [4.69, 9.17) is 4.89 Å². The summed E-state index contributed by atoms with van der Waals surface area (Å²) in [6, 6.07) is 0. The molecule has 0 aliphatic carbocycles. The third kappa shape index (κ3) is 2.20. The normalized spacial score (nSPS) is 10.8. The van der Waals surface area contributed by atoms with E-state index in [1.807, 2.05) is 13.8 Å². The Morgan fingerprint density at radius 3 is 1.75 bits per heavy atom. The first-order valence-corrected chi connectivity index (χ1v) is 3.57. The van der Waals surface area contributed by atoms with Crippen LogP contribution in [0.2, 0.25) is 0 Å². The van der Waals surface area contributed by atoms with Gasteiger partial charge >= 0.3 is 8.03 Å². The molecule has 1 unspecified atom stereocenters. The molecule has 2 nitrogen and oxygen atoms in total. The van der Waals surface area contributed by atoms with E-state index >= 15 is 0 Å². The molecule has 1 N–H and O–H groups in total. The van der Waals surface area contributed by atoms with Gasteiger partial charge in [0.25, 0.3) is 0 Å². The molecule has 0 fully saturated rings. The molecule has 8 heavy (non-hydrogen) atoms. The Morgan fingerprint density at radius 1 is 1.38 bits per heavy atom. The molecular weight excluding hydrogens is 123 g/mol. The van der Waals surface area contributed by atoms with E-state index in [0.29, 0.717) is 5.31 Å². The van der Waals surface area contributed by atoms with Crippen LogP contribution in [-0.2, 0) is 4.57 Å². The third-order valence-electron chi connectivity index (χ3n) is 1.01. The molecule has 0 spiro atoms. The van der Waals surface area contributed by atoms with Gasteiger partial charge in [-0.1, -0.05) is 0 Å². The minimum absolute atomic E-state index is 0.583. The van der Waals surface area contributed by atoms with Gasteiger partial charge in [0.05, 0.1) is 0 Å². The lowest BCUT2D eigenvalue weighted by Gasteiger charge is -1.81. The highest BCUT2D eigenvalue weighted by molar-refractivity contribution is 7.43. The Balaban J connectivity index is 4.23. The van der Waals surface area contributed by atoms with Crippen LogP contribution < -0.4 is 0 Å². The maximum atomic E-state index is 10.2. The van der Waals surface area contributed by atoms with E-state index in [9.17, 15) is 4.57 Å². The van der Waals surface area contributed by atoms with Crippen LogP contribution in [0.3, 0.4) is 0 Å². The van der Waals surface area contributed by atoms with Gasteiger partial charge in [0, 0.05) is 6.92 Å². The lowest BCUT2D eigenvalue weighted by Crippen LogP contribution is -1.69. The van der Waals surface area contributed by atoms with Gasteiger partial charge in [-0.15, -0.1) is 0 Å². The first kappa shape index (κ1) is 7.80. The second-order valence-electron chi connectivity index (χ2n) is 1.86. The Hall–Kier alpha value is -0.200. The van der Waals surface area contributed by atoms with E-state index in [-0.39, 0.29) is 0 Å². The molecular formula is C5H10O2P+. The third-order valence-corrected chi connectivity index (χ3v) is 2.03. The fraction of sp³-hybridized carbons (Fsp3) is 0.600. The van der Waals surface area contributed by atoms with Crippen LogP contribution in [-0.4, -0.2) is 4.89 Å². The summed E-state index contributed by atoms with van der Waals surface area (Å²) in [7, 11) is -2.07. The SMILES string of the molecule is CC(C)=C(C)[P+](=O)O. The summed E-state index contributed by atoms with van der Waals surface area (Å²) in [5, 5.41) is 0.583. The van der Waals surface area contributed by atoms with Crippen molar-refractivity contribution in [3.63, 3.8) is 0 Å². The molecule has 0 aromatic rings. The highest BCUT2D eigenvalue weighted by Crippen LogP contribution is 2.28. The molecule has 0 aliphatic rings. The number of hydrogen-bond acceptors (Lipinski definition) is 1. The molecule has 0 aliphatic heterocycles. The summed E-state index contributed by atoms with van der Waals surface area (Å²) < 4.78 is 10.2. The first-order chi connectivity index (χ1) is 3.55. The molecule has 0 radical (unpaired) electrons. The smallest absolute Gasteiger partial charge is 0.156 e. The van der Waals surface area contributed by atoms with Gasteiger partial charge in [-0.05, 0) is 24.0 Å². The summed E-state index contributed by atoms with van der Waals surface area (Å²) in [6.07, 6.45) is 0. The molecule has 3 heteroatoms. The molecule has 0 heterocycles. The molecule has 0 rings (SSSR count). The maximum absolute atomic E-state index is 10.2. The standard InChI is InChI=1S/C5H9O2P/c1-4(2)5(3)8(6)7/h1-3H3/p+1. The average molecular weight is 133 g/mol. The van der Waals surface area contributed by atoms with Crippen LogP contribution >= 0.6 is 8.03 Å². The molecule has 0 aromatic carbocycles. The van der Waals surface area contributed by atoms with Crippen molar-refractivity contribution in [2.75, 3.05) is 0 Å². The second-order valence-corrected chi connectivity index (χ2v) is 3.08. The molecule has 0 saturated carbocycles. The highest BCUT2D eigenvalue weighted by Gasteiger charge is 2.14. The number of allylic oxidation sites excluding steroid dienone is 2. The number of hydrogen-bond donors (Lipinski definition) is 1. The Kier molecular flexibility index (Phi) is 2.88. The van der Waals surface area contributed by atoms with Crippen molar-refractivity contribution in [1.82, 2.24) is 0 Å². The van der Waals surface area contributed by atoms with Crippen LogP contribution in [0.1, 0.15) is 20.8 Å². The minimum Gasteiger partial charge on any atom is -0.156 e. The summed E-state index contributed by atoms with van der Waals surface area (Å²) in [5.41, 5.74) is 0.925. The molecule has 1 atom stereocenters. The Bertz CT molecular complexity index is 133. The van der Waals surface area contributed by atoms with Gasteiger partial charge in [0.1, 0.15) is 0 Å². The van der Waals surface area contributed by atoms with Crippen molar-refractivity contribution in [3.05, 3.63) is 10.9 Å². The molecule has 0 aromatic heterocycles. The second kappa shape index (κ2) is 2.95. The van der Waals surface area contributed by atoms with Crippen LogP contribution in [0.4, 0.5) is 0 Å². The predicted octanol–water partition coefficient (Wildman–Crippen LogP) is 2.03. The molecule has 0 amide bonds. The van der Waals surface area contributed by atoms with E-state index in [2.05, 4.69) is 0 Å². The molecule has 0 saturated heterocycles. The van der Waals surface area contributed by atoms with Crippen molar-refractivity contribution in [2.45, 2.75) is 20.8 Å². The fourth-order valence-corrected chi connectivity index (χ4v) is 0.574. The minimum atomic E-state index is -2.07. The van der Waals surface area contributed by atoms with E-state index in [0.717, 1.165) is 5.57 Å². The van der Waals surface area contributed by atoms with Crippen LogP contribution in [0.5, 0.6) is 0 Å². The lowest BCUT2D eigenvalue weighted by atomic mass is 10.3. The van der Waals surface area contributed by atoms with Gasteiger partial charge in [0.2, 0.25) is 0 Å². The quantitative estimate of drug-likeness (QED) is 0.555. The Labute approximate surface area is 50.1 Å². The van der Waals surface area contributed by atoms with Crippen LogP contribution in [0.15, 0.2) is 10.9 Å². The van der Waals surface area contributed by atoms with E-state index in [1.165, 1.54) is 0 Å². The van der Waals surface area contributed by atoms with E-state index in [1.54, 1.807) is 6.92 Å². The van der Waals surface area contributed by atoms with Gasteiger partial charge in [-0.25, -0.2) is 0 Å². The van der Waals surface area contributed by atoms with Gasteiger partial charge in [-0.3, -0.25) is 0 Å². The zero-order valence-corrected chi connectivity index (χ0v) is 6.20. The fourth-order valence-electron chi connectivity index (χ4n) is 0.191. The Morgan fingerprint density at radius 2 is 1.75 bits per heavy atom. The van der Waals surface area contributed by atoms with Crippen molar-refractivity contribution in [3.8, 4) is 0 Å². The van der Waals surface area contributed by atoms with Gasteiger partial charge in [0.15, 0.2) is 5.31 Å². The maximum Gasteiger partial charge on any atom is 0.541 e. The largest absolute Gasteiger partial charge is 0.541 e. The summed E-state index contributed by atoms with van der Waals surface area (Å²) >= 11 is 0. The van der Waals surface area contributed by atoms with Gasteiger partial charge in [-0.2, -0.15) is 4.89 Å². The topological polar surface area (TPSA) is 37.3 Å². The average Bonchev–Trinajstić information content (AvgIpc) is 1.64. The zero-order valence-electron chi connectivity index (χ0n) is 5.30. The predicted molar refractivity (Wildman–Crippen MR) is 33.9 cm³/mol. The summed E-state index contributed by atoms with van der Waals surface area (Å²) in [6.45, 7) is 5.30. The zero-order chi connectivity index (χ0) is 6.73. The van der Waals surface area contributed by atoms with Crippen molar-refractivity contribution in [2.24, 2.45) is 0 Å². The van der Waals surface area contributed by atoms with Crippen LogP contribution in [0, 0.1) is 0 Å². The van der Waals surface area contributed by atoms with Crippen LogP contribution in [0.25, 0.3) is 0 Å². The first-order valence-electron chi connectivity index (χ1n) is 2.36. The lowest BCUT2D eigenvalue weighted by molar-refractivity contribution is 0.509. The summed E-state index contributed by atoms with van der Waals surface area (Å²) in [4.78, 5) is 8.44. The number of rotatable bonds is 1. The van der Waals surface area contributed by atoms with Gasteiger partial charge < -0.3 is 0 Å². The van der Waals surface area contributed by atoms with Crippen molar-refractivity contribution < 1.29 is 9.46 Å². The molecule has 0 bridgehead atoms. The monoisotopic (exact) mass is 133 g/mol. The molecule has 46 valence electrons.